The van der Waals surface area contributed by atoms with Crippen LogP contribution in [0.3, 0.4) is 0 Å². The number of halogens is 3. The quantitative estimate of drug-likeness (QED) is 0.875. The zero-order chi connectivity index (χ0) is 16.2. The van der Waals surface area contributed by atoms with Crippen LogP contribution >= 0.6 is 0 Å². The first-order valence-corrected chi connectivity index (χ1v) is 6.60. The molecule has 0 atom stereocenters. The van der Waals surface area contributed by atoms with E-state index in [1.807, 2.05) is 6.92 Å². The third-order valence-corrected chi connectivity index (χ3v) is 3.13. The van der Waals surface area contributed by atoms with Crippen LogP contribution in [0, 0.1) is 0 Å². The van der Waals surface area contributed by atoms with Gasteiger partial charge in [0.15, 0.2) is 5.82 Å². The van der Waals surface area contributed by atoms with E-state index < -0.39 is 18.6 Å². The molecule has 1 heterocycles. The summed E-state index contributed by atoms with van der Waals surface area (Å²) in [4.78, 5) is 12.6. The van der Waals surface area contributed by atoms with E-state index in [9.17, 15) is 23.1 Å². The lowest BCUT2D eigenvalue weighted by Gasteiger charge is -2.22. The van der Waals surface area contributed by atoms with Gasteiger partial charge in [-0.3, -0.25) is 0 Å². The van der Waals surface area contributed by atoms with E-state index in [0.29, 0.717) is 24.1 Å². The number of aromatic carboxylic acids is 1. The first-order valence-electron chi connectivity index (χ1n) is 6.60. The highest BCUT2D eigenvalue weighted by Crippen LogP contribution is 2.25. The maximum atomic E-state index is 12.3. The Labute approximate surface area is 120 Å². The van der Waals surface area contributed by atoms with Crippen LogP contribution in [0.5, 0.6) is 0 Å². The van der Waals surface area contributed by atoms with Crippen LogP contribution in [0.15, 0.2) is 0 Å². The fourth-order valence-electron chi connectivity index (χ4n) is 2.05. The average Bonchev–Trinajstić information content (AvgIpc) is 2.41. The lowest BCUT2D eigenvalue weighted by Crippen LogP contribution is -2.28. The van der Waals surface area contributed by atoms with Crippen LogP contribution in [0.4, 0.5) is 19.0 Å². The second kappa shape index (κ2) is 6.73. The van der Waals surface area contributed by atoms with Gasteiger partial charge in [0.2, 0.25) is 0 Å². The van der Waals surface area contributed by atoms with Gasteiger partial charge in [-0.1, -0.05) is 13.8 Å². The number of rotatable bonds is 6. The van der Waals surface area contributed by atoms with Crippen LogP contribution in [0.2, 0.25) is 0 Å². The Balaban J connectivity index is 3.20. The average molecular weight is 305 g/mol. The van der Waals surface area contributed by atoms with Crippen molar-refractivity contribution in [2.24, 2.45) is 0 Å². The molecule has 1 N–H and O–H groups in total. The minimum Gasteiger partial charge on any atom is -0.478 e. The van der Waals surface area contributed by atoms with Crippen molar-refractivity contribution in [2.75, 3.05) is 18.5 Å². The molecular weight excluding hydrogens is 287 g/mol. The molecule has 21 heavy (non-hydrogen) atoms. The monoisotopic (exact) mass is 305 g/mol. The van der Waals surface area contributed by atoms with Crippen molar-refractivity contribution in [3.63, 3.8) is 0 Å². The van der Waals surface area contributed by atoms with Gasteiger partial charge in [-0.25, -0.2) is 4.79 Å². The molecule has 0 aliphatic heterocycles. The van der Waals surface area contributed by atoms with E-state index in [0.717, 1.165) is 0 Å². The lowest BCUT2D eigenvalue weighted by molar-refractivity contribution is -0.132. The number of nitrogens with zero attached hydrogens (tertiary/aromatic N) is 3. The van der Waals surface area contributed by atoms with Gasteiger partial charge in [-0.2, -0.15) is 18.3 Å². The molecule has 0 saturated carbocycles. The Morgan fingerprint density at radius 3 is 2.29 bits per heavy atom. The van der Waals surface area contributed by atoms with Crippen molar-refractivity contribution in [3.8, 4) is 0 Å². The normalized spacial score (nSPS) is 11.5. The second-order valence-corrected chi connectivity index (χ2v) is 4.62. The molecule has 0 spiro atoms. The number of carboxylic acids is 1. The number of aromatic nitrogens is 2. The van der Waals surface area contributed by atoms with Gasteiger partial charge in [0.05, 0.1) is 12.1 Å². The van der Waals surface area contributed by atoms with Gasteiger partial charge in [0.1, 0.15) is 5.56 Å². The molecule has 1 aromatic rings. The largest absolute Gasteiger partial charge is 0.478 e. The van der Waals surface area contributed by atoms with Gasteiger partial charge < -0.3 is 10.0 Å². The van der Waals surface area contributed by atoms with E-state index in [4.69, 9.17) is 0 Å². The third kappa shape index (κ3) is 4.30. The molecule has 0 radical (unpaired) electrons. The van der Waals surface area contributed by atoms with Crippen LogP contribution in [0.1, 0.15) is 41.9 Å². The van der Waals surface area contributed by atoms with Crippen molar-refractivity contribution in [1.29, 1.82) is 0 Å². The van der Waals surface area contributed by atoms with Gasteiger partial charge in [-0.15, -0.1) is 5.10 Å². The van der Waals surface area contributed by atoms with Crippen molar-refractivity contribution < 1.29 is 23.1 Å². The maximum absolute atomic E-state index is 12.3. The van der Waals surface area contributed by atoms with E-state index in [-0.39, 0.29) is 17.9 Å². The Kier molecular flexibility index (Phi) is 5.51. The fourth-order valence-corrected chi connectivity index (χ4v) is 2.05. The Morgan fingerprint density at radius 2 is 1.86 bits per heavy atom. The minimum atomic E-state index is -4.30. The molecule has 0 amide bonds. The summed E-state index contributed by atoms with van der Waals surface area (Å²) in [6.45, 7) is 3.23. The number of carbonyl (C=O) groups is 1. The standard InChI is InChI=1S/C13H18F3N3O2/c1-4-8-9(5-2)17-18-11(10(8)12(20)21)19(3)7-6-13(14,15)16/h4-7H2,1-3H3,(H,20,21). The highest BCUT2D eigenvalue weighted by Gasteiger charge is 2.29. The number of alkyl halides is 3. The SMILES string of the molecule is CCc1nnc(N(C)CCC(F)(F)F)c(C(=O)O)c1CC. The number of aryl methyl sites for hydroxylation is 1. The minimum absolute atomic E-state index is 0.0270. The van der Waals surface area contributed by atoms with Gasteiger partial charge in [0.25, 0.3) is 0 Å². The summed E-state index contributed by atoms with van der Waals surface area (Å²) in [7, 11) is 1.38. The summed E-state index contributed by atoms with van der Waals surface area (Å²) in [5.41, 5.74) is 1.02. The Hall–Kier alpha value is -1.86. The van der Waals surface area contributed by atoms with Crippen LogP contribution < -0.4 is 4.90 Å². The summed E-state index contributed by atoms with van der Waals surface area (Å²) in [6, 6.07) is 0. The zero-order valence-electron chi connectivity index (χ0n) is 12.2. The molecule has 0 aliphatic rings. The van der Waals surface area contributed by atoms with Crippen molar-refractivity contribution >= 4 is 11.8 Å². The number of hydrogen-bond acceptors (Lipinski definition) is 4. The van der Waals surface area contributed by atoms with Gasteiger partial charge in [-0.05, 0) is 18.4 Å². The molecular formula is C13H18F3N3O2. The molecule has 0 saturated heterocycles. The molecule has 0 aromatic carbocycles. The van der Waals surface area contributed by atoms with Crippen molar-refractivity contribution in [3.05, 3.63) is 16.8 Å². The fraction of sp³-hybridized carbons (Fsp3) is 0.615. The smallest absolute Gasteiger partial charge is 0.390 e. The summed E-state index contributed by atoms with van der Waals surface area (Å²) in [5.74, 6) is -1.23. The first kappa shape index (κ1) is 17.2. The van der Waals surface area contributed by atoms with E-state index in [2.05, 4.69) is 10.2 Å². The summed E-state index contributed by atoms with van der Waals surface area (Å²) >= 11 is 0. The predicted molar refractivity (Wildman–Crippen MR) is 71.7 cm³/mol. The predicted octanol–water partition coefficient (Wildman–Crippen LogP) is 2.69. The van der Waals surface area contributed by atoms with Crippen molar-refractivity contribution in [2.45, 2.75) is 39.3 Å². The highest BCUT2D eigenvalue weighted by molar-refractivity contribution is 5.95. The molecule has 0 unspecified atom stereocenters. The highest BCUT2D eigenvalue weighted by atomic mass is 19.4. The van der Waals surface area contributed by atoms with E-state index in [1.165, 1.54) is 11.9 Å². The van der Waals surface area contributed by atoms with Crippen LogP contribution in [-0.4, -0.2) is 41.0 Å². The molecule has 1 rings (SSSR count). The molecule has 0 bridgehead atoms. The Morgan fingerprint density at radius 1 is 1.24 bits per heavy atom. The number of anilines is 1. The Bertz CT molecular complexity index is 518. The van der Waals surface area contributed by atoms with E-state index >= 15 is 0 Å². The molecule has 8 heteroatoms. The molecule has 118 valence electrons. The van der Waals surface area contributed by atoms with Crippen molar-refractivity contribution in [1.82, 2.24) is 10.2 Å². The zero-order valence-corrected chi connectivity index (χ0v) is 12.2. The summed E-state index contributed by atoms with van der Waals surface area (Å²) in [6.07, 6.45) is -4.40. The number of carboxylic acid groups (broad SMARTS) is 1. The molecule has 0 fully saturated rings. The van der Waals surface area contributed by atoms with Crippen LogP contribution in [0.25, 0.3) is 0 Å². The maximum Gasteiger partial charge on any atom is 0.390 e. The van der Waals surface area contributed by atoms with Crippen LogP contribution in [-0.2, 0) is 12.8 Å². The third-order valence-electron chi connectivity index (χ3n) is 3.13. The summed E-state index contributed by atoms with van der Waals surface area (Å²) < 4.78 is 36.8. The second-order valence-electron chi connectivity index (χ2n) is 4.62. The molecule has 0 aliphatic carbocycles. The molecule has 1 aromatic heterocycles. The molecule has 5 nitrogen and oxygen atoms in total. The summed E-state index contributed by atoms with van der Waals surface area (Å²) in [5, 5.41) is 17.1. The first-order chi connectivity index (χ1) is 9.71. The van der Waals surface area contributed by atoms with Gasteiger partial charge >= 0.3 is 12.1 Å². The van der Waals surface area contributed by atoms with E-state index in [1.54, 1.807) is 6.92 Å². The topological polar surface area (TPSA) is 66.3 Å². The number of hydrogen-bond donors (Lipinski definition) is 1. The van der Waals surface area contributed by atoms with Gasteiger partial charge in [0, 0.05) is 13.6 Å². The lowest BCUT2D eigenvalue weighted by atomic mass is 10.0.